The van der Waals surface area contributed by atoms with Crippen LogP contribution in [0.3, 0.4) is 0 Å². The molecule has 2 atom stereocenters. The van der Waals surface area contributed by atoms with Crippen molar-refractivity contribution in [1.29, 1.82) is 0 Å². The first-order chi connectivity index (χ1) is 10.1. The molecule has 0 bridgehead atoms. The van der Waals surface area contributed by atoms with Crippen LogP contribution in [0.25, 0.3) is 5.69 Å². The van der Waals surface area contributed by atoms with Crippen LogP contribution in [-0.4, -0.2) is 34.6 Å². The average Bonchev–Trinajstić information content (AvgIpc) is 3.05. The molecule has 5 heteroatoms. The molecule has 1 aromatic carbocycles. The van der Waals surface area contributed by atoms with Gasteiger partial charge in [-0.1, -0.05) is 17.7 Å². The van der Waals surface area contributed by atoms with Gasteiger partial charge in [-0.2, -0.15) is 0 Å². The van der Waals surface area contributed by atoms with E-state index in [2.05, 4.69) is 35.1 Å². The summed E-state index contributed by atoms with van der Waals surface area (Å²) in [6.07, 6.45) is 4.82. The lowest BCUT2D eigenvalue weighted by Crippen LogP contribution is -2.20. The van der Waals surface area contributed by atoms with E-state index in [0.29, 0.717) is 12.0 Å². The summed E-state index contributed by atoms with van der Waals surface area (Å²) in [5.41, 5.74) is 8.05. The Balaban J connectivity index is 1.90. The van der Waals surface area contributed by atoms with Crippen LogP contribution >= 0.6 is 11.6 Å². The molecule has 0 radical (unpaired) electrons. The Morgan fingerprint density at radius 3 is 2.81 bits per heavy atom. The lowest BCUT2D eigenvalue weighted by atomic mass is 9.99. The van der Waals surface area contributed by atoms with Crippen LogP contribution < -0.4 is 5.73 Å². The quantitative estimate of drug-likeness (QED) is 0.948. The Morgan fingerprint density at radius 2 is 2.24 bits per heavy atom. The van der Waals surface area contributed by atoms with Crippen LogP contribution in [0, 0.1) is 12.8 Å². The number of nitrogens with zero attached hydrogens (tertiary/aromatic N) is 3. The van der Waals surface area contributed by atoms with Crippen molar-refractivity contribution in [2.45, 2.75) is 19.4 Å². The second-order valence-electron chi connectivity index (χ2n) is 5.85. The summed E-state index contributed by atoms with van der Waals surface area (Å²) < 4.78 is 2.01. The summed E-state index contributed by atoms with van der Waals surface area (Å²) in [5.74, 6) is 1.51. The Labute approximate surface area is 130 Å². The third-order valence-corrected chi connectivity index (χ3v) is 4.71. The minimum Gasteiger partial charge on any atom is -0.330 e. The molecule has 0 amide bonds. The Kier molecular flexibility index (Phi) is 4.02. The standard InChI is InChI=1S/C16H21ClN4/c1-11-19-5-6-21(11)15-4-3-13(8-14(15)17)16-7-12(9-18)10-20(16)2/h3-6,8,12,16H,7,9-10,18H2,1-2H3. The van der Waals surface area contributed by atoms with Gasteiger partial charge in [0, 0.05) is 25.0 Å². The van der Waals surface area contributed by atoms with Crippen molar-refractivity contribution in [3.05, 3.63) is 47.0 Å². The highest BCUT2D eigenvalue weighted by Crippen LogP contribution is 2.36. The zero-order chi connectivity index (χ0) is 15.0. The third-order valence-electron chi connectivity index (χ3n) is 4.41. The molecule has 2 N–H and O–H groups in total. The van der Waals surface area contributed by atoms with Gasteiger partial charge in [-0.05, 0) is 50.6 Å². The number of aryl methyl sites for hydroxylation is 1. The maximum Gasteiger partial charge on any atom is 0.110 e. The average molecular weight is 305 g/mol. The van der Waals surface area contributed by atoms with Gasteiger partial charge in [-0.25, -0.2) is 4.98 Å². The van der Waals surface area contributed by atoms with Gasteiger partial charge in [-0.15, -0.1) is 0 Å². The molecule has 3 rings (SSSR count). The lowest BCUT2D eigenvalue weighted by molar-refractivity contribution is 0.313. The number of hydrogen-bond donors (Lipinski definition) is 1. The lowest BCUT2D eigenvalue weighted by Gasteiger charge is -2.20. The normalized spacial score (nSPS) is 22.9. The zero-order valence-electron chi connectivity index (χ0n) is 12.5. The second kappa shape index (κ2) is 5.79. The molecule has 0 aliphatic carbocycles. The van der Waals surface area contributed by atoms with E-state index in [1.165, 1.54) is 5.56 Å². The van der Waals surface area contributed by atoms with Crippen molar-refractivity contribution >= 4 is 11.6 Å². The predicted molar refractivity (Wildman–Crippen MR) is 85.8 cm³/mol. The SMILES string of the molecule is Cc1nccn1-c1ccc(C2CC(CN)CN2C)cc1Cl. The number of hydrogen-bond acceptors (Lipinski definition) is 3. The molecule has 2 unspecified atom stereocenters. The van der Waals surface area contributed by atoms with Crippen molar-refractivity contribution in [3.8, 4) is 5.69 Å². The fraction of sp³-hybridized carbons (Fsp3) is 0.438. The predicted octanol–water partition coefficient (Wildman–Crippen LogP) is 2.79. The minimum absolute atomic E-state index is 0.411. The van der Waals surface area contributed by atoms with Crippen LogP contribution in [0.2, 0.25) is 5.02 Å². The maximum atomic E-state index is 6.50. The van der Waals surface area contributed by atoms with Crippen LogP contribution in [0.1, 0.15) is 23.9 Å². The number of halogens is 1. The molecule has 1 saturated heterocycles. The molecule has 2 heterocycles. The molecule has 4 nitrogen and oxygen atoms in total. The molecule has 21 heavy (non-hydrogen) atoms. The molecule has 0 saturated carbocycles. The van der Waals surface area contributed by atoms with Gasteiger partial charge in [0.05, 0.1) is 10.7 Å². The van der Waals surface area contributed by atoms with E-state index in [4.69, 9.17) is 17.3 Å². The summed E-state index contributed by atoms with van der Waals surface area (Å²) in [6.45, 7) is 3.78. The van der Waals surface area contributed by atoms with Gasteiger partial charge < -0.3 is 10.3 Å². The highest BCUT2D eigenvalue weighted by Gasteiger charge is 2.29. The van der Waals surface area contributed by atoms with Gasteiger partial charge in [0.15, 0.2) is 0 Å². The number of nitrogens with two attached hydrogens (primary N) is 1. The van der Waals surface area contributed by atoms with E-state index in [0.717, 1.165) is 36.0 Å². The fourth-order valence-corrected chi connectivity index (χ4v) is 3.50. The summed E-state index contributed by atoms with van der Waals surface area (Å²) in [6, 6.07) is 6.74. The van der Waals surface area contributed by atoms with E-state index in [-0.39, 0.29) is 0 Å². The van der Waals surface area contributed by atoms with Crippen LogP contribution in [0.15, 0.2) is 30.6 Å². The zero-order valence-corrected chi connectivity index (χ0v) is 13.2. The van der Waals surface area contributed by atoms with Gasteiger partial charge >= 0.3 is 0 Å². The number of imidazole rings is 1. The molecule has 2 aromatic rings. The smallest absolute Gasteiger partial charge is 0.110 e. The molecule has 1 aromatic heterocycles. The maximum absolute atomic E-state index is 6.50. The first kappa shape index (κ1) is 14.6. The van der Waals surface area contributed by atoms with E-state index >= 15 is 0 Å². The van der Waals surface area contributed by atoms with E-state index in [9.17, 15) is 0 Å². The molecule has 1 aliphatic rings. The van der Waals surface area contributed by atoms with Crippen LogP contribution in [0.5, 0.6) is 0 Å². The van der Waals surface area contributed by atoms with Crippen LogP contribution in [-0.2, 0) is 0 Å². The van der Waals surface area contributed by atoms with Gasteiger partial charge in [0.2, 0.25) is 0 Å². The number of rotatable bonds is 3. The molecule has 0 spiro atoms. The third kappa shape index (κ3) is 2.71. The highest BCUT2D eigenvalue weighted by atomic mass is 35.5. The summed E-state index contributed by atoms with van der Waals surface area (Å²) in [7, 11) is 2.15. The van der Waals surface area contributed by atoms with E-state index < -0.39 is 0 Å². The first-order valence-corrected chi connectivity index (χ1v) is 7.68. The Hall–Kier alpha value is -1.36. The van der Waals surface area contributed by atoms with Gasteiger partial charge in [0.25, 0.3) is 0 Å². The molecule has 112 valence electrons. The largest absolute Gasteiger partial charge is 0.330 e. The van der Waals surface area contributed by atoms with Crippen molar-refractivity contribution in [2.24, 2.45) is 11.7 Å². The van der Waals surface area contributed by atoms with Gasteiger partial charge in [0.1, 0.15) is 5.82 Å². The minimum atomic E-state index is 0.411. The number of benzene rings is 1. The molecular formula is C16H21ClN4. The molecule has 1 fully saturated rings. The Bertz CT molecular complexity index is 637. The number of likely N-dealkylation sites (tertiary alicyclic amines) is 1. The molecule has 1 aliphatic heterocycles. The van der Waals surface area contributed by atoms with Crippen molar-refractivity contribution < 1.29 is 0 Å². The summed E-state index contributed by atoms with van der Waals surface area (Å²) in [4.78, 5) is 6.62. The highest BCUT2D eigenvalue weighted by molar-refractivity contribution is 6.32. The van der Waals surface area contributed by atoms with Crippen molar-refractivity contribution in [2.75, 3.05) is 20.1 Å². The van der Waals surface area contributed by atoms with E-state index in [1.54, 1.807) is 6.20 Å². The Morgan fingerprint density at radius 1 is 1.43 bits per heavy atom. The monoisotopic (exact) mass is 304 g/mol. The van der Waals surface area contributed by atoms with Crippen LogP contribution in [0.4, 0.5) is 0 Å². The fourth-order valence-electron chi connectivity index (χ4n) is 3.22. The molecular weight excluding hydrogens is 284 g/mol. The summed E-state index contributed by atoms with van der Waals surface area (Å²) >= 11 is 6.50. The van der Waals surface area contributed by atoms with Crippen molar-refractivity contribution in [1.82, 2.24) is 14.5 Å². The number of aromatic nitrogens is 2. The van der Waals surface area contributed by atoms with Gasteiger partial charge in [-0.3, -0.25) is 4.90 Å². The first-order valence-electron chi connectivity index (χ1n) is 7.30. The second-order valence-corrected chi connectivity index (χ2v) is 6.26. The van der Waals surface area contributed by atoms with E-state index in [1.807, 2.05) is 17.7 Å². The van der Waals surface area contributed by atoms with Crippen molar-refractivity contribution in [3.63, 3.8) is 0 Å². The summed E-state index contributed by atoms with van der Waals surface area (Å²) in [5, 5.41) is 0.762. The topological polar surface area (TPSA) is 47.1 Å².